The first-order valence-corrected chi connectivity index (χ1v) is 5.94. The van der Waals surface area contributed by atoms with Crippen molar-refractivity contribution in [3.63, 3.8) is 0 Å². The third kappa shape index (κ3) is 3.76. The van der Waals surface area contributed by atoms with Crippen molar-refractivity contribution in [3.05, 3.63) is 0 Å². The zero-order chi connectivity index (χ0) is 10.6. The highest BCUT2D eigenvalue weighted by Crippen LogP contribution is 2.20. The first kappa shape index (κ1) is 12.3. The standard InChI is InChI=1S/C11H22ClNO/c1-11(2,14-3)5-7-13-6-4-10(8-12)9-13/h10H,4-9H2,1-3H3. The lowest BCUT2D eigenvalue weighted by Crippen LogP contribution is -2.31. The Morgan fingerprint density at radius 1 is 1.50 bits per heavy atom. The van der Waals surface area contributed by atoms with E-state index in [1.807, 2.05) is 0 Å². The van der Waals surface area contributed by atoms with Crippen molar-refractivity contribution >= 4 is 11.6 Å². The quantitative estimate of drug-likeness (QED) is 0.659. The molecule has 1 aliphatic rings. The molecule has 14 heavy (non-hydrogen) atoms. The molecule has 0 aromatic carbocycles. The number of ether oxygens (including phenoxy) is 1. The van der Waals surface area contributed by atoms with Crippen molar-refractivity contribution in [1.29, 1.82) is 0 Å². The van der Waals surface area contributed by atoms with E-state index in [2.05, 4.69) is 18.7 Å². The molecule has 0 amide bonds. The van der Waals surface area contributed by atoms with Crippen molar-refractivity contribution in [2.45, 2.75) is 32.3 Å². The molecule has 0 spiro atoms. The number of alkyl halides is 1. The smallest absolute Gasteiger partial charge is 0.0634 e. The Morgan fingerprint density at radius 3 is 2.71 bits per heavy atom. The summed E-state index contributed by atoms with van der Waals surface area (Å²) in [6.45, 7) is 7.79. The molecule has 1 aliphatic heterocycles. The SMILES string of the molecule is COC(C)(C)CCN1CCC(CCl)C1. The van der Waals surface area contributed by atoms with Crippen LogP contribution in [-0.2, 0) is 4.74 Å². The minimum atomic E-state index is 0.0129. The average molecular weight is 220 g/mol. The van der Waals surface area contributed by atoms with E-state index in [4.69, 9.17) is 16.3 Å². The Bertz CT molecular complexity index is 173. The molecule has 1 fully saturated rings. The van der Waals surface area contributed by atoms with Gasteiger partial charge in [0.25, 0.3) is 0 Å². The van der Waals surface area contributed by atoms with Crippen LogP contribution in [0.2, 0.25) is 0 Å². The van der Waals surface area contributed by atoms with E-state index in [0.29, 0.717) is 5.92 Å². The highest BCUT2D eigenvalue weighted by molar-refractivity contribution is 6.18. The summed E-state index contributed by atoms with van der Waals surface area (Å²) in [6, 6.07) is 0. The average Bonchev–Trinajstić information content (AvgIpc) is 2.63. The van der Waals surface area contributed by atoms with Gasteiger partial charge in [0.05, 0.1) is 5.60 Å². The number of likely N-dealkylation sites (tertiary alicyclic amines) is 1. The fourth-order valence-electron chi connectivity index (χ4n) is 1.77. The van der Waals surface area contributed by atoms with Crippen molar-refractivity contribution in [1.82, 2.24) is 4.90 Å². The molecule has 0 aromatic rings. The van der Waals surface area contributed by atoms with Crippen LogP contribution < -0.4 is 0 Å². The first-order valence-electron chi connectivity index (χ1n) is 5.41. The van der Waals surface area contributed by atoms with Gasteiger partial charge in [-0.15, -0.1) is 11.6 Å². The molecule has 0 aromatic heterocycles. The molecule has 0 bridgehead atoms. The highest BCUT2D eigenvalue weighted by atomic mass is 35.5. The maximum Gasteiger partial charge on any atom is 0.0634 e. The summed E-state index contributed by atoms with van der Waals surface area (Å²) in [4.78, 5) is 2.49. The van der Waals surface area contributed by atoms with Crippen LogP contribution in [0.3, 0.4) is 0 Å². The maximum atomic E-state index is 5.84. The van der Waals surface area contributed by atoms with E-state index >= 15 is 0 Å². The summed E-state index contributed by atoms with van der Waals surface area (Å²) >= 11 is 5.84. The Kier molecular flexibility index (Phi) is 4.68. The zero-order valence-corrected chi connectivity index (χ0v) is 10.3. The van der Waals surface area contributed by atoms with E-state index < -0.39 is 0 Å². The van der Waals surface area contributed by atoms with Gasteiger partial charge < -0.3 is 9.64 Å². The molecular weight excluding hydrogens is 198 g/mol. The van der Waals surface area contributed by atoms with Crippen molar-refractivity contribution in [3.8, 4) is 0 Å². The van der Waals surface area contributed by atoms with Crippen molar-refractivity contribution < 1.29 is 4.74 Å². The van der Waals surface area contributed by atoms with E-state index in [0.717, 1.165) is 18.8 Å². The van der Waals surface area contributed by atoms with E-state index in [-0.39, 0.29) is 5.60 Å². The van der Waals surface area contributed by atoms with Crippen LogP contribution in [0.4, 0.5) is 0 Å². The molecule has 0 radical (unpaired) electrons. The number of halogens is 1. The number of rotatable bonds is 5. The first-order chi connectivity index (χ1) is 6.57. The van der Waals surface area contributed by atoms with Gasteiger partial charge >= 0.3 is 0 Å². The molecule has 84 valence electrons. The van der Waals surface area contributed by atoms with Crippen LogP contribution in [-0.4, -0.2) is 43.1 Å². The molecule has 1 rings (SSSR count). The molecular formula is C11H22ClNO. The minimum Gasteiger partial charge on any atom is -0.379 e. The molecule has 3 heteroatoms. The number of methoxy groups -OCH3 is 1. The van der Waals surface area contributed by atoms with Crippen LogP contribution in [0.5, 0.6) is 0 Å². The van der Waals surface area contributed by atoms with Gasteiger partial charge in [-0.3, -0.25) is 0 Å². The van der Waals surface area contributed by atoms with Crippen LogP contribution in [0.15, 0.2) is 0 Å². The fourth-order valence-corrected chi connectivity index (χ4v) is 2.02. The molecule has 1 saturated heterocycles. The summed E-state index contributed by atoms with van der Waals surface area (Å²) < 4.78 is 5.40. The van der Waals surface area contributed by atoms with Gasteiger partial charge in [0.2, 0.25) is 0 Å². The Morgan fingerprint density at radius 2 is 2.21 bits per heavy atom. The highest BCUT2D eigenvalue weighted by Gasteiger charge is 2.24. The second-order valence-corrected chi connectivity index (χ2v) is 5.13. The third-order valence-corrected chi connectivity index (χ3v) is 3.61. The minimum absolute atomic E-state index is 0.0129. The van der Waals surface area contributed by atoms with E-state index in [9.17, 15) is 0 Å². The fraction of sp³-hybridized carbons (Fsp3) is 1.00. The van der Waals surface area contributed by atoms with Gasteiger partial charge in [-0.05, 0) is 39.2 Å². The van der Waals surface area contributed by atoms with Gasteiger partial charge in [-0.25, -0.2) is 0 Å². The number of hydrogen-bond donors (Lipinski definition) is 0. The van der Waals surface area contributed by atoms with Crippen LogP contribution in [0.25, 0.3) is 0 Å². The summed E-state index contributed by atoms with van der Waals surface area (Å²) in [6.07, 6.45) is 2.36. The molecule has 0 aliphatic carbocycles. The second-order valence-electron chi connectivity index (χ2n) is 4.82. The lowest BCUT2D eigenvalue weighted by molar-refractivity contribution is 0.00882. The molecule has 1 heterocycles. The number of nitrogens with zero attached hydrogens (tertiary/aromatic N) is 1. The van der Waals surface area contributed by atoms with E-state index in [1.165, 1.54) is 19.5 Å². The van der Waals surface area contributed by atoms with Gasteiger partial charge in [0.15, 0.2) is 0 Å². The molecule has 1 atom stereocenters. The van der Waals surface area contributed by atoms with Gasteiger partial charge in [-0.1, -0.05) is 0 Å². The lowest BCUT2D eigenvalue weighted by Gasteiger charge is -2.26. The summed E-state index contributed by atoms with van der Waals surface area (Å²) in [7, 11) is 1.78. The van der Waals surface area contributed by atoms with Crippen molar-refractivity contribution in [2.75, 3.05) is 32.6 Å². The topological polar surface area (TPSA) is 12.5 Å². The molecule has 0 saturated carbocycles. The summed E-state index contributed by atoms with van der Waals surface area (Å²) in [5, 5.41) is 0. The largest absolute Gasteiger partial charge is 0.379 e. The van der Waals surface area contributed by atoms with Crippen LogP contribution in [0.1, 0.15) is 26.7 Å². The predicted octanol–water partition coefficient (Wildman–Crippen LogP) is 2.36. The van der Waals surface area contributed by atoms with Gasteiger partial charge in [-0.2, -0.15) is 0 Å². The lowest BCUT2D eigenvalue weighted by atomic mass is 10.1. The monoisotopic (exact) mass is 219 g/mol. The summed E-state index contributed by atoms with van der Waals surface area (Å²) in [5.41, 5.74) is 0.0129. The second kappa shape index (κ2) is 5.34. The van der Waals surface area contributed by atoms with E-state index in [1.54, 1.807) is 7.11 Å². The summed E-state index contributed by atoms with van der Waals surface area (Å²) in [5.74, 6) is 1.52. The van der Waals surface area contributed by atoms with Crippen LogP contribution >= 0.6 is 11.6 Å². The normalized spacial score (nSPS) is 24.4. The molecule has 0 N–H and O–H groups in total. The van der Waals surface area contributed by atoms with Gasteiger partial charge in [0, 0.05) is 26.1 Å². The van der Waals surface area contributed by atoms with Gasteiger partial charge in [0.1, 0.15) is 0 Å². The Hall–Kier alpha value is 0.210. The maximum absolute atomic E-state index is 5.84. The molecule has 1 unspecified atom stereocenters. The number of hydrogen-bond acceptors (Lipinski definition) is 2. The third-order valence-electron chi connectivity index (χ3n) is 3.17. The zero-order valence-electron chi connectivity index (χ0n) is 9.55. The molecule has 2 nitrogen and oxygen atoms in total. The Balaban J connectivity index is 2.20. The van der Waals surface area contributed by atoms with Crippen LogP contribution in [0, 0.1) is 5.92 Å². The Labute approximate surface area is 92.6 Å². The van der Waals surface area contributed by atoms with Crippen molar-refractivity contribution in [2.24, 2.45) is 5.92 Å². The predicted molar refractivity (Wildman–Crippen MR) is 61.0 cm³/mol.